The number of amides is 2. The zero-order valence-electron chi connectivity index (χ0n) is 10.5. The van der Waals surface area contributed by atoms with Crippen LogP contribution in [0.5, 0.6) is 5.75 Å². The zero-order valence-corrected chi connectivity index (χ0v) is 10.5. The molecule has 0 aromatic heterocycles. The molecule has 6 nitrogen and oxygen atoms in total. The van der Waals surface area contributed by atoms with Crippen molar-refractivity contribution in [3.05, 3.63) is 23.8 Å². The van der Waals surface area contributed by atoms with Crippen molar-refractivity contribution in [2.24, 2.45) is 5.92 Å². The van der Waals surface area contributed by atoms with Crippen LogP contribution in [0.25, 0.3) is 0 Å². The van der Waals surface area contributed by atoms with Crippen LogP contribution in [0, 0.1) is 5.92 Å². The topological polar surface area (TPSA) is 104 Å². The van der Waals surface area contributed by atoms with Crippen LogP contribution in [-0.4, -0.2) is 30.0 Å². The van der Waals surface area contributed by atoms with E-state index in [9.17, 15) is 14.7 Å². The van der Waals surface area contributed by atoms with Crippen molar-refractivity contribution in [3.8, 4) is 5.75 Å². The van der Waals surface area contributed by atoms with Crippen LogP contribution in [-0.2, 0) is 4.79 Å². The van der Waals surface area contributed by atoms with Gasteiger partial charge >= 0.3 is 0 Å². The van der Waals surface area contributed by atoms with Crippen molar-refractivity contribution in [3.63, 3.8) is 0 Å². The van der Waals surface area contributed by atoms with E-state index in [4.69, 9.17) is 5.73 Å². The molecule has 1 saturated carbocycles. The highest BCUT2D eigenvalue weighted by molar-refractivity contribution is 6.01. The van der Waals surface area contributed by atoms with Crippen LogP contribution in [0.15, 0.2) is 18.2 Å². The molecule has 0 aliphatic heterocycles. The number of nitrogens with one attached hydrogen (secondary N) is 2. The maximum absolute atomic E-state index is 11.8. The van der Waals surface area contributed by atoms with Gasteiger partial charge in [0.15, 0.2) is 0 Å². The number of anilines is 1. The molecule has 5 N–H and O–H groups in total. The van der Waals surface area contributed by atoms with E-state index in [0.717, 1.165) is 12.8 Å². The van der Waals surface area contributed by atoms with Gasteiger partial charge in [-0.25, -0.2) is 0 Å². The van der Waals surface area contributed by atoms with E-state index in [-0.39, 0.29) is 29.5 Å². The van der Waals surface area contributed by atoms with Crippen molar-refractivity contribution < 1.29 is 14.7 Å². The number of aromatic hydroxyl groups is 1. The van der Waals surface area contributed by atoms with Gasteiger partial charge in [0.1, 0.15) is 5.75 Å². The third kappa shape index (κ3) is 3.87. The van der Waals surface area contributed by atoms with Crippen molar-refractivity contribution in [1.29, 1.82) is 0 Å². The summed E-state index contributed by atoms with van der Waals surface area (Å²) in [5.41, 5.74) is 6.05. The summed E-state index contributed by atoms with van der Waals surface area (Å²) in [5.74, 6) is -0.146. The van der Waals surface area contributed by atoms with E-state index in [0.29, 0.717) is 12.5 Å². The molecule has 1 fully saturated rings. The van der Waals surface area contributed by atoms with Crippen LogP contribution >= 0.6 is 0 Å². The third-order valence-electron chi connectivity index (χ3n) is 2.98. The van der Waals surface area contributed by atoms with Gasteiger partial charge in [0, 0.05) is 12.2 Å². The minimum absolute atomic E-state index is 0.0439. The molecule has 2 amide bonds. The van der Waals surface area contributed by atoms with Crippen LogP contribution in [0.2, 0.25) is 0 Å². The standard InChI is InChI=1S/C13H17N3O3/c14-11-4-3-9(17)5-10(11)13(19)16-7-12(18)15-6-8-1-2-8/h3-5,8,17H,1-2,6-7,14H2,(H,15,18)(H,16,19). The Labute approximate surface area is 111 Å². The smallest absolute Gasteiger partial charge is 0.253 e. The summed E-state index contributed by atoms with van der Waals surface area (Å²) in [4.78, 5) is 23.2. The van der Waals surface area contributed by atoms with Crippen molar-refractivity contribution >= 4 is 17.5 Å². The Bertz CT molecular complexity index is 498. The zero-order chi connectivity index (χ0) is 13.8. The largest absolute Gasteiger partial charge is 0.508 e. The van der Waals surface area contributed by atoms with Gasteiger partial charge in [-0.3, -0.25) is 9.59 Å². The maximum atomic E-state index is 11.8. The predicted molar refractivity (Wildman–Crippen MR) is 70.6 cm³/mol. The molecule has 0 atom stereocenters. The molecular formula is C13H17N3O3. The summed E-state index contributed by atoms with van der Waals surface area (Å²) in [7, 11) is 0. The van der Waals surface area contributed by atoms with Crippen molar-refractivity contribution in [2.45, 2.75) is 12.8 Å². The maximum Gasteiger partial charge on any atom is 0.253 e. The Balaban J connectivity index is 1.82. The lowest BCUT2D eigenvalue weighted by Crippen LogP contribution is -2.37. The molecule has 0 bridgehead atoms. The molecule has 1 aromatic carbocycles. The van der Waals surface area contributed by atoms with Gasteiger partial charge in [0.05, 0.1) is 12.1 Å². The van der Waals surface area contributed by atoms with Gasteiger partial charge in [-0.1, -0.05) is 0 Å². The highest BCUT2D eigenvalue weighted by atomic mass is 16.3. The Morgan fingerprint density at radius 2 is 2.05 bits per heavy atom. The first-order valence-electron chi connectivity index (χ1n) is 6.19. The van der Waals surface area contributed by atoms with Crippen molar-refractivity contribution in [1.82, 2.24) is 10.6 Å². The highest BCUT2D eigenvalue weighted by Gasteiger charge is 2.21. The fraction of sp³-hybridized carbons (Fsp3) is 0.385. The monoisotopic (exact) mass is 263 g/mol. The number of phenolic OH excluding ortho intramolecular Hbond substituents is 1. The predicted octanol–water partition coefficient (Wildman–Crippen LogP) is 0.230. The Morgan fingerprint density at radius 1 is 1.32 bits per heavy atom. The van der Waals surface area contributed by atoms with Gasteiger partial charge in [0.2, 0.25) is 5.91 Å². The lowest BCUT2D eigenvalue weighted by atomic mass is 10.1. The molecule has 1 aliphatic carbocycles. The van der Waals surface area contributed by atoms with Gasteiger partial charge in [-0.05, 0) is 37.0 Å². The Hall–Kier alpha value is -2.24. The number of carbonyl (C=O) groups excluding carboxylic acids is 2. The molecule has 1 aromatic rings. The number of phenols is 1. The Kier molecular flexibility index (Phi) is 3.89. The Morgan fingerprint density at radius 3 is 2.74 bits per heavy atom. The van der Waals surface area contributed by atoms with Crippen LogP contribution in [0.1, 0.15) is 23.2 Å². The lowest BCUT2D eigenvalue weighted by molar-refractivity contribution is -0.120. The van der Waals surface area contributed by atoms with Gasteiger partial charge in [-0.15, -0.1) is 0 Å². The summed E-state index contributed by atoms with van der Waals surface area (Å²) in [5, 5.41) is 14.5. The molecule has 0 unspecified atom stereocenters. The second kappa shape index (κ2) is 5.60. The molecule has 0 radical (unpaired) electrons. The minimum Gasteiger partial charge on any atom is -0.508 e. The molecule has 19 heavy (non-hydrogen) atoms. The first-order chi connectivity index (χ1) is 9.06. The number of carbonyl (C=O) groups is 2. The van der Waals surface area contributed by atoms with Crippen molar-refractivity contribution in [2.75, 3.05) is 18.8 Å². The lowest BCUT2D eigenvalue weighted by Gasteiger charge is -2.08. The molecule has 102 valence electrons. The summed E-state index contributed by atoms with van der Waals surface area (Å²) in [6.45, 7) is 0.573. The van der Waals surface area contributed by atoms with Crippen LogP contribution in [0.3, 0.4) is 0 Å². The van der Waals surface area contributed by atoms with E-state index in [2.05, 4.69) is 10.6 Å². The van der Waals surface area contributed by atoms with E-state index in [1.54, 1.807) is 0 Å². The number of nitrogen functional groups attached to an aromatic ring is 1. The number of hydrogen-bond acceptors (Lipinski definition) is 4. The summed E-state index contributed by atoms with van der Waals surface area (Å²) in [6.07, 6.45) is 2.32. The average molecular weight is 263 g/mol. The highest BCUT2D eigenvalue weighted by Crippen LogP contribution is 2.27. The van der Waals surface area contributed by atoms with Gasteiger partial charge in [0.25, 0.3) is 5.91 Å². The molecule has 2 rings (SSSR count). The van der Waals surface area contributed by atoms with Gasteiger partial charge < -0.3 is 21.5 Å². The SMILES string of the molecule is Nc1ccc(O)cc1C(=O)NCC(=O)NCC1CC1. The summed E-state index contributed by atoms with van der Waals surface area (Å²) < 4.78 is 0. The molecular weight excluding hydrogens is 246 g/mol. The number of hydrogen-bond donors (Lipinski definition) is 4. The third-order valence-corrected chi connectivity index (χ3v) is 2.98. The van der Waals surface area contributed by atoms with E-state index >= 15 is 0 Å². The van der Waals surface area contributed by atoms with E-state index < -0.39 is 5.91 Å². The summed E-state index contributed by atoms with van der Waals surface area (Å²) >= 11 is 0. The molecule has 1 aliphatic rings. The number of rotatable bonds is 5. The van der Waals surface area contributed by atoms with Crippen LogP contribution < -0.4 is 16.4 Å². The van der Waals surface area contributed by atoms with Gasteiger partial charge in [-0.2, -0.15) is 0 Å². The fourth-order valence-corrected chi connectivity index (χ4v) is 1.64. The molecule has 0 heterocycles. The molecule has 0 spiro atoms. The fourth-order valence-electron chi connectivity index (χ4n) is 1.64. The summed E-state index contributed by atoms with van der Waals surface area (Å²) in [6, 6.07) is 4.11. The average Bonchev–Trinajstić information content (AvgIpc) is 3.20. The second-order valence-electron chi connectivity index (χ2n) is 4.70. The quantitative estimate of drug-likeness (QED) is 0.451. The molecule has 0 saturated heterocycles. The minimum atomic E-state index is -0.477. The van der Waals surface area contributed by atoms with E-state index in [1.807, 2.05) is 0 Å². The number of nitrogens with two attached hydrogens (primary N) is 1. The first kappa shape index (κ1) is 13.2. The number of benzene rings is 1. The van der Waals surface area contributed by atoms with Crippen LogP contribution in [0.4, 0.5) is 5.69 Å². The first-order valence-corrected chi connectivity index (χ1v) is 6.19. The molecule has 6 heteroatoms. The second-order valence-corrected chi connectivity index (χ2v) is 4.70. The normalized spacial score (nSPS) is 13.9. The van der Waals surface area contributed by atoms with E-state index in [1.165, 1.54) is 18.2 Å².